The van der Waals surface area contributed by atoms with Gasteiger partial charge in [0.05, 0.1) is 16.3 Å². The Morgan fingerprint density at radius 1 is 1.18 bits per heavy atom. The Labute approximate surface area is 174 Å². The first-order valence-corrected chi connectivity index (χ1v) is 9.17. The Hall–Kier alpha value is -2.15. The summed E-state index contributed by atoms with van der Waals surface area (Å²) in [6.07, 6.45) is 0.572. The lowest BCUT2D eigenvalue weighted by molar-refractivity contribution is -0.118. The summed E-state index contributed by atoms with van der Waals surface area (Å²) in [5.74, 6) is -1.31. The lowest BCUT2D eigenvalue weighted by Crippen LogP contribution is -2.25. The van der Waals surface area contributed by atoms with Crippen molar-refractivity contribution < 1.29 is 14.0 Å². The highest BCUT2D eigenvalue weighted by molar-refractivity contribution is 6.34. The van der Waals surface area contributed by atoms with E-state index in [1.807, 2.05) is 0 Å². The highest BCUT2D eigenvalue weighted by Gasteiger charge is 2.19. The SMILES string of the molecule is CC(C)C(=O)Nc1ccc(Cl)c(C(=O)Nc2ccc3c(c2F)CCNC3)c1.Cl. The predicted molar refractivity (Wildman–Crippen MR) is 112 cm³/mol. The van der Waals surface area contributed by atoms with Crippen LogP contribution in [0, 0.1) is 11.7 Å². The van der Waals surface area contributed by atoms with Gasteiger partial charge in [-0.25, -0.2) is 4.39 Å². The molecule has 8 heteroatoms. The first-order valence-electron chi connectivity index (χ1n) is 8.79. The monoisotopic (exact) mass is 425 g/mol. The van der Waals surface area contributed by atoms with Crippen molar-refractivity contribution in [2.75, 3.05) is 17.2 Å². The molecule has 3 rings (SSSR count). The molecule has 0 saturated heterocycles. The average molecular weight is 426 g/mol. The number of anilines is 2. The van der Waals surface area contributed by atoms with Crippen LogP contribution in [0.2, 0.25) is 5.02 Å². The van der Waals surface area contributed by atoms with Gasteiger partial charge in [0.15, 0.2) is 0 Å². The molecule has 0 saturated carbocycles. The van der Waals surface area contributed by atoms with Crippen molar-refractivity contribution >= 4 is 47.2 Å². The number of fused-ring (bicyclic) bond motifs is 1. The van der Waals surface area contributed by atoms with Crippen molar-refractivity contribution in [2.45, 2.75) is 26.8 Å². The molecule has 2 amide bonds. The van der Waals surface area contributed by atoms with Gasteiger partial charge in [0.25, 0.3) is 5.91 Å². The Kier molecular flexibility index (Phi) is 7.41. The molecule has 5 nitrogen and oxygen atoms in total. The minimum atomic E-state index is -0.534. The van der Waals surface area contributed by atoms with E-state index in [1.165, 1.54) is 12.1 Å². The van der Waals surface area contributed by atoms with E-state index in [-0.39, 0.29) is 40.5 Å². The quantitative estimate of drug-likeness (QED) is 0.679. The molecular weight excluding hydrogens is 404 g/mol. The van der Waals surface area contributed by atoms with Crippen LogP contribution in [0.25, 0.3) is 0 Å². The van der Waals surface area contributed by atoms with Gasteiger partial charge in [0, 0.05) is 18.2 Å². The topological polar surface area (TPSA) is 70.2 Å². The fraction of sp³-hybridized carbons (Fsp3) is 0.300. The maximum absolute atomic E-state index is 14.7. The molecule has 0 aliphatic carbocycles. The summed E-state index contributed by atoms with van der Waals surface area (Å²) < 4.78 is 14.7. The van der Waals surface area contributed by atoms with E-state index in [0.29, 0.717) is 30.8 Å². The largest absolute Gasteiger partial charge is 0.326 e. The zero-order chi connectivity index (χ0) is 19.6. The fourth-order valence-corrected chi connectivity index (χ4v) is 3.09. The van der Waals surface area contributed by atoms with Gasteiger partial charge in [-0.05, 0) is 48.4 Å². The number of amides is 2. The molecule has 0 unspecified atom stereocenters. The molecule has 28 heavy (non-hydrogen) atoms. The predicted octanol–water partition coefficient (Wildman–Crippen LogP) is 4.39. The van der Waals surface area contributed by atoms with Crippen LogP contribution in [0.3, 0.4) is 0 Å². The van der Waals surface area contributed by atoms with E-state index in [4.69, 9.17) is 11.6 Å². The molecule has 1 heterocycles. The van der Waals surface area contributed by atoms with Crippen LogP contribution >= 0.6 is 24.0 Å². The minimum Gasteiger partial charge on any atom is -0.326 e. The summed E-state index contributed by atoms with van der Waals surface area (Å²) in [6.45, 7) is 4.86. The van der Waals surface area contributed by atoms with Crippen LogP contribution < -0.4 is 16.0 Å². The normalized spacial score (nSPS) is 12.8. The van der Waals surface area contributed by atoms with Crippen LogP contribution in [0.5, 0.6) is 0 Å². The molecule has 0 atom stereocenters. The van der Waals surface area contributed by atoms with Crippen molar-refractivity contribution in [3.05, 3.63) is 57.9 Å². The van der Waals surface area contributed by atoms with E-state index >= 15 is 0 Å². The fourth-order valence-electron chi connectivity index (χ4n) is 2.88. The number of hydrogen-bond acceptors (Lipinski definition) is 3. The van der Waals surface area contributed by atoms with Crippen LogP contribution in [-0.4, -0.2) is 18.4 Å². The number of rotatable bonds is 4. The molecule has 0 bridgehead atoms. The molecule has 0 fully saturated rings. The standard InChI is InChI=1S/C20H21ClFN3O2.ClH/c1-11(2)19(26)24-13-4-5-16(21)15(9-13)20(27)25-17-6-3-12-10-23-8-7-14(12)18(17)22;/h3-6,9,11,23H,7-8,10H2,1-2H3,(H,24,26)(H,25,27);1H. The van der Waals surface area contributed by atoms with Gasteiger partial charge in [0.1, 0.15) is 5.82 Å². The third kappa shape index (κ3) is 4.82. The molecule has 1 aliphatic rings. The van der Waals surface area contributed by atoms with Crippen molar-refractivity contribution in [2.24, 2.45) is 5.92 Å². The van der Waals surface area contributed by atoms with E-state index in [9.17, 15) is 14.0 Å². The van der Waals surface area contributed by atoms with Gasteiger partial charge in [-0.15, -0.1) is 12.4 Å². The average Bonchev–Trinajstić information content (AvgIpc) is 2.65. The molecule has 1 aliphatic heterocycles. The zero-order valence-electron chi connectivity index (χ0n) is 15.6. The first kappa shape index (κ1) is 22.1. The third-order valence-corrected chi connectivity index (χ3v) is 4.79. The first-order chi connectivity index (χ1) is 12.9. The summed E-state index contributed by atoms with van der Waals surface area (Å²) in [7, 11) is 0. The second kappa shape index (κ2) is 9.37. The molecule has 0 radical (unpaired) electrons. The highest BCUT2D eigenvalue weighted by atomic mass is 35.5. The number of benzene rings is 2. The third-order valence-electron chi connectivity index (χ3n) is 4.46. The Bertz CT molecular complexity index is 903. The van der Waals surface area contributed by atoms with Crippen LogP contribution in [-0.2, 0) is 17.8 Å². The van der Waals surface area contributed by atoms with E-state index in [1.54, 1.807) is 32.0 Å². The number of halogens is 3. The molecule has 2 aromatic carbocycles. The molecule has 0 spiro atoms. The van der Waals surface area contributed by atoms with Crippen LogP contribution in [0.15, 0.2) is 30.3 Å². The van der Waals surface area contributed by atoms with Crippen LogP contribution in [0.4, 0.5) is 15.8 Å². The van der Waals surface area contributed by atoms with Crippen molar-refractivity contribution in [1.82, 2.24) is 5.32 Å². The zero-order valence-corrected chi connectivity index (χ0v) is 17.1. The summed E-state index contributed by atoms with van der Waals surface area (Å²) in [5.41, 5.74) is 2.26. The molecule has 3 N–H and O–H groups in total. The van der Waals surface area contributed by atoms with Gasteiger partial charge in [-0.1, -0.05) is 31.5 Å². The Balaban J connectivity index is 0.00000280. The maximum atomic E-state index is 14.7. The van der Waals surface area contributed by atoms with E-state index in [0.717, 1.165) is 5.56 Å². The van der Waals surface area contributed by atoms with Crippen molar-refractivity contribution in [3.8, 4) is 0 Å². The molecular formula is C20H22Cl2FN3O2. The van der Waals surface area contributed by atoms with Crippen molar-refractivity contribution in [3.63, 3.8) is 0 Å². The molecule has 150 valence electrons. The van der Waals surface area contributed by atoms with E-state index < -0.39 is 11.7 Å². The lowest BCUT2D eigenvalue weighted by Gasteiger charge is -2.19. The van der Waals surface area contributed by atoms with Gasteiger partial charge in [-0.3, -0.25) is 9.59 Å². The van der Waals surface area contributed by atoms with Crippen LogP contribution in [0.1, 0.15) is 35.3 Å². The van der Waals surface area contributed by atoms with E-state index in [2.05, 4.69) is 16.0 Å². The summed E-state index contributed by atoms with van der Waals surface area (Å²) in [6, 6.07) is 7.99. The maximum Gasteiger partial charge on any atom is 0.257 e. The minimum absolute atomic E-state index is 0. The van der Waals surface area contributed by atoms with Gasteiger partial charge < -0.3 is 16.0 Å². The number of carbonyl (C=O) groups excluding carboxylic acids is 2. The highest BCUT2D eigenvalue weighted by Crippen LogP contribution is 2.27. The Morgan fingerprint density at radius 3 is 2.64 bits per heavy atom. The summed E-state index contributed by atoms with van der Waals surface area (Å²) in [5, 5.41) is 8.72. The smallest absolute Gasteiger partial charge is 0.257 e. The number of carbonyl (C=O) groups is 2. The van der Waals surface area contributed by atoms with Gasteiger partial charge in [-0.2, -0.15) is 0 Å². The lowest BCUT2D eigenvalue weighted by atomic mass is 9.99. The van der Waals surface area contributed by atoms with Crippen molar-refractivity contribution in [1.29, 1.82) is 0 Å². The second-order valence-electron chi connectivity index (χ2n) is 6.78. The number of nitrogens with one attached hydrogen (secondary N) is 3. The Morgan fingerprint density at radius 2 is 1.93 bits per heavy atom. The second-order valence-corrected chi connectivity index (χ2v) is 7.19. The summed E-state index contributed by atoms with van der Waals surface area (Å²) in [4.78, 5) is 24.5. The van der Waals surface area contributed by atoms with Gasteiger partial charge in [0.2, 0.25) is 5.91 Å². The van der Waals surface area contributed by atoms with Gasteiger partial charge >= 0.3 is 0 Å². The molecule has 0 aromatic heterocycles. The number of hydrogen-bond donors (Lipinski definition) is 3. The molecule has 2 aromatic rings. The summed E-state index contributed by atoms with van der Waals surface area (Å²) >= 11 is 6.14.